The van der Waals surface area contributed by atoms with Gasteiger partial charge in [-0.3, -0.25) is 4.68 Å². The summed E-state index contributed by atoms with van der Waals surface area (Å²) in [7, 11) is 1.91. The molecule has 0 unspecified atom stereocenters. The van der Waals surface area contributed by atoms with Gasteiger partial charge in [-0.15, -0.1) is 0 Å². The Morgan fingerprint density at radius 1 is 1.47 bits per heavy atom. The Kier molecular flexibility index (Phi) is 3.39. The minimum atomic E-state index is -0.934. The molecule has 1 aromatic rings. The van der Waals surface area contributed by atoms with Crippen LogP contribution in [0, 0.1) is 12.3 Å². The van der Waals surface area contributed by atoms with E-state index in [1.807, 2.05) is 18.7 Å². The van der Waals surface area contributed by atoms with E-state index in [4.69, 9.17) is 5.11 Å². The smallest absolute Gasteiger partial charge is 0.328 e. The fraction of sp³-hybridized carbons (Fsp3) is 0.571. The molecule has 2 heterocycles. The molecule has 1 N–H and O–H groups in total. The zero-order valence-electron chi connectivity index (χ0n) is 12.0. The lowest BCUT2D eigenvalue weighted by Crippen LogP contribution is -2.25. The fourth-order valence-electron chi connectivity index (χ4n) is 2.68. The third-order valence-electron chi connectivity index (χ3n) is 3.61. The highest BCUT2D eigenvalue weighted by molar-refractivity contribution is 5.87. The number of carboxylic acids is 1. The summed E-state index contributed by atoms with van der Waals surface area (Å²) < 4.78 is 1.85. The van der Waals surface area contributed by atoms with Crippen molar-refractivity contribution in [2.24, 2.45) is 12.5 Å². The number of carboxylic acid groups (broad SMARTS) is 1. The van der Waals surface area contributed by atoms with Gasteiger partial charge in [0.1, 0.15) is 5.82 Å². The monoisotopic (exact) mass is 263 g/mol. The maximum atomic E-state index is 10.7. The van der Waals surface area contributed by atoms with Gasteiger partial charge in [0.2, 0.25) is 0 Å². The summed E-state index contributed by atoms with van der Waals surface area (Å²) in [6.07, 6.45) is 3.96. The second-order valence-corrected chi connectivity index (χ2v) is 5.95. The molecular weight excluding hydrogens is 242 g/mol. The average molecular weight is 263 g/mol. The number of nitrogens with zero attached hydrogens (tertiary/aromatic N) is 3. The standard InChI is InChI=1S/C14H21N3O2/c1-10-11(5-6-12(18)19)13(16(4)15-10)17-8-7-14(2,3)9-17/h5-6H,7-9H2,1-4H3,(H,18,19). The van der Waals surface area contributed by atoms with E-state index >= 15 is 0 Å². The van der Waals surface area contributed by atoms with Gasteiger partial charge in [0.15, 0.2) is 0 Å². The lowest BCUT2D eigenvalue weighted by Gasteiger charge is -2.22. The van der Waals surface area contributed by atoms with E-state index < -0.39 is 5.97 Å². The molecule has 1 aliphatic rings. The quantitative estimate of drug-likeness (QED) is 0.848. The molecule has 0 aliphatic carbocycles. The maximum Gasteiger partial charge on any atom is 0.328 e. The van der Waals surface area contributed by atoms with E-state index in [0.29, 0.717) is 5.41 Å². The summed E-state index contributed by atoms with van der Waals surface area (Å²) >= 11 is 0. The van der Waals surface area contributed by atoms with Crippen LogP contribution >= 0.6 is 0 Å². The van der Waals surface area contributed by atoms with Crippen molar-refractivity contribution in [2.45, 2.75) is 27.2 Å². The highest BCUT2D eigenvalue weighted by Gasteiger charge is 2.32. The van der Waals surface area contributed by atoms with Gasteiger partial charge in [-0.1, -0.05) is 13.8 Å². The van der Waals surface area contributed by atoms with Gasteiger partial charge in [0.05, 0.1) is 5.69 Å². The van der Waals surface area contributed by atoms with E-state index in [1.165, 1.54) is 6.08 Å². The third kappa shape index (κ3) is 2.80. The molecule has 0 radical (unpaired) electrons. The van der Waals surface area contributed by atoms with Gasteiger partial charge < -0.3 is 10.0 Å². The molecular formula is C14H21N3O2. The first-order valence-corrected chi connectivity index (χ1v) is 6.50. The van der Waals surface area contributed by atoms with Crippen LogP contribution in [-0.4, -0.2) is 33.9 Å². The molecule has 0 amide bonds. The molecule has 104 valence electrons. The largest absolute Gasteiger partial charge is 0.478 e. The average Bonchev–Trinajstić information content (AvgIpc) is 2.75. The SMILES string of the molecule is Cc1nn(C)c(N2CCC(C)(C)C2)c1C=CC(=O)O. The van der Waals surface area contributed by atoms with Crippen molar-refractivity contribution in [1.29, 1.82) is 0 Å². The van der Waals surface area contributed by atoms with E-state index in [0.717, 1.165) is 36.6 Å². The molecule has 19 heavy (non-hydrogen) atoms. The summed E-state index contributed by atoms with van der Waals surface area (Å²) in [5, 5.41) is 13.2. The second kappa shape index (κ2) is 4.72. The molecule has 1 aromatic heterocycles. The van der Waals surface area contributed by atoms with E-state index in [2.05, 4.69) is 23.8 Å². The van der Waals surface area contributed by atoms with E-state index in [-0.39, 0.29) is 0 Å². The normalized spacial score (nSPS) is 18.4. The number of aryl methyl sites for hydroxylation is 2. The van der Waals surface area contributed by atoms with Crippen molar-refractivity contribution < 1.29 is 9.90 Å². The molecule has 0 bridgehead atoms. The Bertz CT molecular complexity index is 529. The summed E-state index contributed by atoms with van der Waals surface area (Å²) in [5.74, 6) is 0.0801. The van der Waals surface area contributed by atoms with Gasteiger partial charge in [0.25, 0.3) is 0 Å². The molecule has 1 saturated heterocycles. The fourth-order valence-corrected chi connectivity index (χ4v) is 2.68. The van der Waals surface area contributed by atoms with Crippen molar-refractivity contribution in [3.8, 4) is 0 Å². The first-order chi connectivity index (χ1) is 8.80. The number of anilines is 1. The predicted octanol–water partition coefficient (Wildman–Crippen LogP) is 2.06. The third-order valence-corrected chi connectivity index (χ3v) is 3.61. The topological polar surface area (TPSA) is 58.4 Å². The second-order valence-electron chi connectivity index (χ2n) is 5.95. The highest BCUT2D eigenvalue weighted by atomic mass is 16.4. The van der Waals surface area contributed by atoms with Crippen LogP contribution in [-0.2, 0) is 11.8 Å². The number of hydrogen-bond donors (Lipinski definition) is 1. The number of rotatable bonds is 3. The Morgan fingerprint density at radius 2 is 2.16 bits per heavy atom. The zero-order chi connectivity index (χ0) is 14.2. The molecule has 1 aliphatic heterocycles. The van der Waals surface area contributed by atoms with Crippen molar-refractivity contribution in [3.63, 3.8) is 0 Å². The van der Waals surface area contributed by atoms with Crippen LogP contribution in [0.2, 0.25) is 0 Å². The molecule has 2 rings (SSSR count). The molecule has 5 heteroatoms. The molecule has 0 saturated carbocycles. The van der Waals surface area contributed by atoms with Crippen LogP contribution < -0.4 is 4.90 Å². The molecule has 1 fully saturated rings. The summed E-state index contributed by atoms with van der Waals surface area (Å²) in [4.78, 5) is 13.0. The van der Waals surface area contributed by atoms with Crippen molar-refractivity contribution >= 4 is 17.9 Å². The van der Waals surface area contributed by atoms with E-state index in [1.54, 1.807) is 6.08 Å². The van der Waals surface area contributed by atoms with Crippen LogP contribution in [0.3, 0.4) is 0 Å². The van der Waals surface area contributed by atoms with Gasteiger partial charge in [-0.2, -0.15) is 5.10 Å². The van der Waals surface area contributed by atoms with E-state index in [9.17, 15) is 4.79 Å². The van der Waals surface area contributed by atoms with Gasteiger partial charge in [0, 0.05) is 31.8 Å². The van der Waals surface area contributed by atoms with Gasteiger partial charge in [-0.05, 0) is 24.8 Å². The van der Waals surface area contributed by atoms with Crippen LogP contribution in [0.5, 0.6) is 0 Å². The molecule has 5 nitrogen and oxygen atoms in total. The summed E-state index contributed by atoms with van der Waals surface area (Å²) in [6.45, 7) is 8.37. The first-order valence-electron chi connectivity index (χ1n) is 6.50. The first kappa shape index (κ1) is 13.6. The van der Waals surface area contributed by atoms with Gasteiger partial charge in [-0.25, -0.2) is 4.79 Å². The minimum Gasteiger partial charge on any atom is -0.478 e. The maximum absolute atomic E-state index is 10.7. The van der Waals surface area contributed by atoms with Crippen molar-refractivity contribution in [1.82, 2.24) is 9.78 Å². The number of aromatic nitrogens is 2. The highest BCUT2D eigenvalue weighted by Crippen LogP contribution is 2.35. The Labute approximate surface area is 113 Å². The Morgan fingerprint density at radius 3 is 2.68 bits per heavy atom. The summed E-state index contributed by atoms with van der Waals surface area (Å²) in [5.41, 5.74) is 2.06. The zero-order valence-corrected chi connectivity index (χ0v) is 12.0. The van der Waals surface area contributed by atoms with Crippen LogP contribution in [0.15, 0.2) is 6.08 Å². The van der Waals surface area contributed by atoms with Crippen molar-refractivity contribution in [2.75, 3.05) is 18.0 Å². The molecule has 0 aromatic carbocycles. The van der Waals surface area contributed by atoms with Crippen molar-refractivity contribution in [3.05, 3.63) is 17.3 Å². The lowest BCUT2D eigenvalue weighted by molar-refractivity contribution is -0.131. The number of aliphatic carboxylic acids is 1. The van der Waals surface area contributed by atoms with Gasteiger partial charge >= 0.3 is 5.97 Å². The van der Waals surface area contributed by atoms with Crippen LogP contribution in [0.4, 0.5) is 5.82 Å². The molecule has 0 spiro atoms. The summed E-state index contributed by atoms with van der Waals surface area (Å²) in [6, 6.07) is 0. The number of carbonyl (C=O) groups is 1. The predicted molar refractivity (Wildman–Crippen MR) is 75.2 cm³/mol. The van der Waals surface area contributed by atoms with Crippen LogP contribution in [0.25, 0.3) is 6.08 Å². The molecule has 0 atom stereocenters. The number of hydrogen-bond acceptors (Lipinski definition) is 3. The van der Waals surface area contributed by atoms with Crippen LogP contribution in [0.1, 0.15) is 31.5 Å². The lowest BCUT2D eigenvalue weighted by atomic mass is 9.93. The minimum absolute atomic E-state index is 0.298. The Hall–Kier alpha value is -1.78. The Balaban J connectivity index is 2.37.